The number of halogens is 2. The molecular weight excluding hydrogens is 472 g/mol. The van der Waals surface area contributed by atoms with E-state index in [1.165, 1.54) is 0 Å². The molecule has 2 aromatic carbocycles. The van der Waals surface area contributed by atoms with Crippen molar-refractivity contribution in [2.75, 3.05) is 26.3 Å². The van der Waals surface area contributed by atoms with E-state index in [9.17, 15) is 0 Å². The van der Waals surface area contributed by atoms with E-state index >= 15 is 0 Å². The van der Waals surface area contributed by atoms with E-state index in [0.717, 1.165) is 34.8 Å². The molecule has 0 radical (unpaired) electrons. The zero-order valence-corrected chi connectivity index (χ0v) is 18.9. The number of ether oxygens (including phenoxy) is 2. The van der Waals surface area contributed by atoms with Gasteiger partial charge in [0.05, 0.1) is 24.4 Å². The Labute approximate surface area is 188 Å². The third-order valence-electron chi connectivity index (χ3n) is 5.18. The molecule has 0 aliphatic carbocycles. The first-order chi connectivity index (χ1) is 14.2. The zero-order chi connectivity index (χ0) is 20.1. The highest BCUT2D eigenvalue weighted by atomic mass is 79.9. The summed E-state index contributed by atoms with van der Waals surface area (Å²) in [5, 5.41) is 6.42. The lowest BCUT2D eigenvalue weighted by Gasteiger charge is -2.37. The van der Waals surface area contributed by atoms with E-state index in [4.69, 9.17) is 21.1 Å². The summed E-state index contributed by atoms with van der Waals surface area (Å²) in [5.74, 6) is 2.61. The largest absolute Gasteiger partial charge is 0.493 e. The van der Waals surface area contributed by atoms with Gasteiger partial charge in [-0.25, -0.2) is 4.98 Å². The average Bonchev–Trinajstić information content (AvgIpc) is 3.27. The molecule has 2 heterocycles. The summed E-state index contributed by atoms with van der Waals surface area (Å²) in [4.78, 5) is 4.63. The summed E-state index contributed by atoms with van der Waals surface area (Å²) in [5.41, 5.74) is 3.03. The quantitative estimate of drug-likeness (QED) is 0.463. The lowest BCUT2D eigenvalue weighted by Crippen LogP contribution is -2.46. The minimum absolute atomic E-state index is 0.283. The van der Waals surface area contributed by atoms with Gasteiger partial charge in [-0.2, -0.15) is 0 Å². The van der Waals surface area contributed by atoms with Crippen LogP contribution in [-0.4, -0.2) is 31.3 Å². The van der Waals surface area contributed by atoms with Gasteiger partial charge < -0.3 is 14.8 Å². The van der Waals surface area contributed by atoms with E-state index in [0.29, 0.717) is 30.1 Å². The normalized spacial score (nSPS) is 21.7. The van der Waals surface area contributed by atoms with Crippen LogP contribution in [0.5, 0.6) is 11.5 Å². The Balaban J connectivity index is 1.45. The predicted molar refractivity (Wildman–Crippen MR) is 121 cm³/mol. The summed E-state index contributed by atoms with van der Waals surface area (Å²) in [6.45, 7) is 3.04. The van der Waals surface area contributed by atoms with Gasteiger partial charge in [-0.3, -0.25) is 0 Å². The Hall–Kier alpha value is -1.60. The second-order valence-corrected chi connectivity index (χ2v) is 9.22. The molecule has 3 aromatic rings. The second-order valence-electron chi connectivity index (χ2n) is 7.15. The van der Waals surface area contributed by atoms with Crippen molar-refractivity contribution in [1.29, 1.82) is 0 Å². The summed E-state index contributed by atoms with van der Waals surface area (Å²) in [7, 11) is 0. The van der Waals surface area contributed by atoms with Crippen LogP contribution in [0.15, 0.2) is 63.9 Å². The maximum atomic E-state index is 6.11. The fraction of sp³-hybridized carbons (Fsp3) is 0.318. The van der Waals surface area contributed by atoms with Gasteiger partial charge in [0, 0.05) is 45.7 Å². The van der Waals surface area contributed by atoms with Gasteiger partial charge in [-0.05, 0) is 48.5 Å². The first-order valence-electron chi connectivity index (χ1n) is 9.54. The molecular formula is C22H22BrClN2O2S. The van der Waals surface area contributed by atoms with Crippen LogP contribution in [0.25, 0.3) is 0 Å². The molecule has 0 spiro atoms. The van der Waals surface area contributed by atoms with E-state index in [2.05, 4.69) is 31.6 Å². The fourth-order valence-corrected chi connectivity index (χ4v) is 4.75. The smallest absolute Gasteiger partial charge is 0.119 e. The minimum Gasteiger partial charge on any atom is -0.493 e. The van der Waals surface area contributed by atoms with Gasteiger partial charge in [0.2, 0.25) is 0 Å². The molecule has 3 unspecified atom stereocenters. The topological polar surface area (TPSA) is 43.4 Å². The number of nitrogens with zero attached hydrogens (tertiary/aromatic N) is 1. The van der Waals surface area contributed by atoms with Crippen LogP contribution in [0.1, 0.15) is 11.6 Å². The maximum Gasteiger partial charge on any atom is 0.119 e. The van der Waals surface area contributed by atoms with E-state index in [1.807, 2.05) is 54.0 Å². The van der Waals surface area contributed by atoms with Crippen LogP contribution >= 0.6 is 38.9 Å². The van der Waals surface area contributed by atoms with Crippen LogP contribution in [0.4, 0.5) is 0 Å². The Morgan fingerprint density at radius 1 is 0.966 bits per heavy atom. The Kier molecular flexibility index (Phi) is 7.08. The lowest BCUT2D eigenvalue weighted by molar-refractivity contribution is 0.121. The lowest BCUT2D eigenvalue weighted by atomic mass is 9.77. The van der Waals surface area contributed by atoms with Gasteiger partial charge in [0.15, 0.2) is 0 Å². The number of hydrogen-bond donors (Lipinski definition) is 1. The maximum absolute atomic E-state index is 6.11. The number of nitrogens with one attached hydrogen (secondary N) is 1. The van der Waals surface area contributed by atoms with Crippen molar-refractivity contribution in [2.45, 2.75) is 5.92 Å². The van der Waals surface area contributed by atoms with Crippen LogP contribution in [-0.2, 0) is 0 Å². The van der Waals surface area contributed by atoms with E-state index in [-0.39, 0.29) is 5.92 Å². The van der Waals surface area contributed by atoms with Crippen molar-refractivity contribution < 1.29 is 9.47 Å². The number of hydrogen-bond acceptors (Lipinski definition) is 5. The van der Waals surface area contributed by atoms with Gasteiger partial charge in [0.1, 0.15) is 11.5 Å². The SMILES string of the molecule is Clc1ccc(OCC2CNCC(COc3ccc(Br)cc3)C2c2cscn2)cc1. The molecule has 1 fully saturated rings. The monoisotopic (exact) mass is 492 g/mol. The van der Waals surface area contributed by atoms with Crippen molar-refractivity contribution in [3.63, 3.8) is 0 Å². The highest BCUT2D eigenvalue weighted by molar-refractivity contribution is 9.10. The number of thiazole rings is 1. The van der Waals surface area contributed by atoms with Crippen molar-refractivity contribution in [3.05, 3.63) is 74.6 Å². The summed E-state index contributed by atoms with van der Waals surface area (Å²) >= 11 is 11.1. The highest BCUT2D eigenvalue weighted by Crippen LogP contribution is 2.35. The third-order valence-corrected chi connectivity index (χ3v) is 6.56. The molecule has 3 atom stereocenters. The third kappa shape index (κ3) is 5.51. The van der Waals surface area contributed by atoms with Gasteiger partial charge >= 0.3 is 0 Å². The van der Waals surface area contributed by atoms with Gasteiger partial charge in [-0.15, -0.1) is 11.3 Å². The molecule has 4 rings (SSSR count). The number of aromatic nitrogens is 1. The first kappa shape index (κ1) is 20.7. The van der Waals surface area contributed by atoms with E-state index in [1.54, 1.807) is 11.3 Å². The second kappa shape index (κ2) is 9.94. The van der Waals surface area contributed by atoms with E-state index < -0.39 is 0 Å². The highest BCUT2D eigenvalue weighted by Gasteiger charge is 2.36. The summed E-state index contributed by atoms with van der Waals surface area (Å²) in [6, 6.07) is 15.5. The van der Waals surface area contributed by atoms with Crippen molar-refractivity contribution in [1.82, 2.24) is 10.3 Å². The molecule has 4 nitrogen and oxygen atoms in total. The Morgan fingerprint density at radius 3 is 2.10 bits per heavy atom. The van der Waals surface area contributed by atoms with Crippen molar-refractivity contribution >= 4 is 38.9 Å². The van der Waals surface area contributed by atoms with Crippen molar-refractivity contribution in [2.24, 2.45) is 11.8 Å². The van der Waals surface area contributed by atoms with Crippen LogP contribution in [0, 0.1) is 11.8 Å². The first-order valence-corrected chi connectivity index (χ1v) is 11.7. The van der Waals surface area contributed by atoms with Gasteiger partial charge in [-0.1, -0.05) is 27.5 Å². The molecule has 0 saturated carbocycles. The minimum atomic E-state index is 0.283. The number of piperidine rings is 1. The average molecular weight is 494 g/mol. The standard InChI is InChI=1S/C22H22BrClN2O2S/c23-17-1-5-19(6-2-17)27-11-15-9-25-10-16(22(15)21-13-29-14-26-21)12-28-20-7-3-18(24)4-8-20/h1-8,13-16,22,25H,9-12H2. The molecule has 1 aliphatic rings. The molecule has 1 saturated heterocycles. The predicted octanol–water partition coefficient (Wildman–Crippen LogP) is 5.64. The van der Waals surface area contributed by atoms with Crippen LogP contribution < -0.4 is 14.8 Å². The fourth-order valence-electron chi connectivity index (χ4n) is 3.76. The summed E-state index contributed by atoms with van der Waals surface area (Å²) < 4.78 is 13.2. The number of rotatable bonds is 7. The zero-order valence-electron chi connectivity index (χ0n) is 15.8. The molecule has 1 aliphatic heterocycles. The van der Waals surface area contributed by atoms with Gasteiger partial charge in [0.25, 0.3) is 0 Å². The number of benzene rings is 2. The summed E-state index contributed by atoms with van der Waals surface area (Å²) in [6.07, 6.45) is 0. The van der Waals surface area contributed by atoms with Crippen molar-refractivity contribution in [3.8, 4) is 11.5 Å². The molecule has 0 amide bonds. The van der Waals surface area contributed by atoms with Crippen LogP contribution in [0.3, 0.4) is 0 Å². The Bertz CT molecular complexity index is 833. The molecule has 1 aromatic heterocycles. The molecule has 29 heavy (non-hydrogen) atoms. The molecule has 7 heteroatoms. The molecule has 152 valence electrons. The van der Waals surface area contributed by atoms with Crippen LogP contribution in [0.2, 0.25) is 5.02 Å². The molecule has 0 bridgehead atoms. The Morgan fingerprint density at radius 2 is 1.55 bits per heavy atom. The molecule has 1 N–H and O–H groups in total.